The van der Waals surface area contributed by atoms with Crippen LogP contribution in [-0.2, 0) is 4.79 Å². The van der Waals surface area contributed by atoms with E-state index >= 15 is 0 Å². The van der Waals surface area contributed by atoms with Gasteiger partial charge in [-0.1, -0.05) is 25.1 Å². The molecular formula is C16H26ClN3O. The summed E-state index contributed by atoms with van der Waals surface area (Å²) in [6, 6.07) is 10.2. The third kappa shape index (κ3) is 6.04. The van der Waals surface area contributed by atoms with Gasteiger partial charge in [0.25, 0.3) is 0 Å². The number of benzene rings is 1. The first-order valence-electron chi connectivity index (χ1n) is 7.59. The predicted octanol–water partition coefficient (Wildman–Crippen LogP) is 2.51. The van der Waals surface area contributed by atoms with Gasteiger partial charge in [0, 0.05) is 11.7 Å². The summed E-state index contributed by atoms with van der Waals surface area (Å²) < 4.78 is 0. The molecule has 1 amide bonds. The molecule has 0 atom stereocenters. The molecule has 0 spiro atoms. The molecule has 2 rings (SSSR count). The van der Waals surface area contributed by atoms with Crippen molar-refractivity contribution in [1.82, 2.24) is 10.2 Å². The van der Waals surface area contributed by atoms with Gasteiger partial charge >= 0.3 is 0 Å². The zero-order valence-electron chi connectivity index (χ0n) is 12.7. The Kier molecular flexibility index (Phi) is 8.35. The Labute approximate surface area is 133 Å². The van der Waals surface area contributed by atoms with Crippen molar-refractivity contribution in [2.75, 3.05) is 31.5 Å². The number of carbonyl (C=O) groups is 1. The monoisotopic (exact) mass is 311 g/mol. The van der Waals surface area contributed by atoms with Gasteiger partial charge in [-0.2, -0.15) is 0 Å². The lowest BCUT2D eigenvalue weighted by Crippen LogP contribution is -2.46. The highest BCUT2D eigenvalue weighted by molar-refractivity contribution is 5.92. The number of anilines is 1. The van der Waals surface area contributed by atoms with E-state index < -0.39 is 0 Å². The highest BCUT2D eigenvalue weighted by atomic mass is 35.5. The maximum atomic E-state index is 12.2. The molecule has 118 valence electrons. The molecule has 4 nitrogen and oxygen atoms in total. The van der Waals surface area contributed by atoms with Crippen molar-refractivity contribution in [2.24, 2.45) is 0 Å². The second-order valence-corrected chi connectivity index (χ2v) is 5.37. The molecule has 0 unspecified atom stereocenters. The summed E-state index contributed by atoms with van der Waals surface area (Å²) in [5.74, 6) is 0.0863. The molecule has 21 heavy (non-hydrogen) atoms. The minimum absolute atomic E-state index is 0. The lowest BCUT2D eigenvalue weighted by atomic mass is 10.0. The van der Waals surface area contributed by atoms with Crippen molar-refractivity contribution in [3.63, 3.8) is 0 Å². The molecule has 1 saturated heterocycles. The van der Waals surface area contributed by atoms with Gasteiger partial charge in [0.15, 0.2) is 0 Å². The van der Waals surface area contributed by atoms with Gasteiger partial charge < -0.3 is 10.6 Å². The van der Waals surface area contributed by atoms with Crippen LogP contribution in [0.5, 0.6) is 0 Å². The maximum absolute atomic E-state index is 12.2. The van der Waals surface area contributed by atoms with E-state index in [4.69, 9.17) is 0 Å². The Balaban J connectivity index is 0.00000220. The second-order valence-electron chi connectivity index (χ2n) is 5.37. The van der Waals surface area contributed by atoms with Crippen molar-refractivity contribution in [3.05, 3.63) is 30.3 Å². The molecule has 0 aromatic heterocycles. The minimum atomic E-state index is 0. The summed E-state index contributed by atoms with van der Waals surface area (Å²) in [7, 11) is 0. The summed E-state index contributed by atoms with van der Waals surface area (Å²) >= 11 is 0. The van der Waals surface area contributed by atoms with Crippen LogP contribution in [0.3, 0.4) is 0 Å². The molecule has 1 fully saturated rings. The number of para-hydroxylation sites is 1. The summed E-state index contributed by atoms with van der Waals surface area (Å²) in [5, 5.41) is 6.35. The van der Waals surface area contributed by atoms with Crippen LogP contribution in [-0.4, -0.2) is 43.0 Å². The van der Waals surface area contributed by atoms with Crippen LogP contribution in [0.2, 0.25) is 0 Å². The normalized spacial score (nSPS) is 15.5. The third-order valence-electron chi connectivity index (χ3n) is 3.74. The Morgan fingerprint density at radius 3 is 2.57 bits per heavy atom. The van der Waals surface area contributed by atoms with Gasteiger partial charge in [-0.3, -0.25) is 9.69 Å². The molecule has 0 radical (unpaired) electrons. The zero-order valence-corrected chi connectivity index (χ0v) is 13.5. The van der Waals surface area contributed by atoms with Crippen LogP contribution in [0.4, 0.5) is 5.69 Å². The molecule has 0 aliphatic carbocycles. The van der Waals surface area contributed by atoms with Crippen molar-refractivity contribution in [1.29, 1.82) is 0 Å². The number of nitrogens with one attached hydrogen (secondary N) is 2. The highest BCUT2D eigenvalue weighted by Crippen LogP contribution is 2.13. The summed E-state index contributed by atoms with van der Waals surface area (Å²) in [4.78, 5) is 14.5. The van der Waals surface area contributed by atoms with E-state index in [2.05, 4.69) is 22.5 Å². The van der Waals surface area contributed by atoms with Crippen LogP contribution in [0.25, 0.3) is 0 Å². The average molecular weight is 312 g/mol. The number of halogens is 1. The van der Waals surface area contributed by atoms with Gasteiger partial charge in [0.05, 0.1) is 6.54 Å². The van der Waals surface area contributed by atoms with Crippen LogP contribution < -0.4 is 10.6 Å². The number of carbonyl (C=O) groups excluding carboxylic acids is 1. The highest BCUT2D eigenvalue weighted by Gasteiger charge is 2.22. The fourth-order valence-corrected chi connectivity index (χ4v) is 2.76. The molecule has 0 saturated carbocycles. The van der Waals surface area contributed by atoms with Gasteiger partial charge in [-0.05, 0) is 51.0 Å². The molecule has 0 bridgehead atoms. The van der Waals surface area contributed by atoms with E-state index in [0.717, 1.165) is 44.6 Å². The van der Waals surface area contributed by atoms with E-state index in [1.807, 2.05) is 30.3 Å². The van der Waals surface area contributed by atoms with E-state index in [1.54, 1.807) is 0 Å². The minimum Gasteiger partial charge on any atom is -0.325 e. The molecule has 1 aromatic rings. The van der Waals surface area contributed by atoms with Gasteiger partial charge in [0.2, 0.25) is 5.91 Å². The Morgan fingerprint density at radius 1 is 1.29 bits per heavy atom. The quantitative estimate of drug-likeness (QED) is 0.848. The van der Waals surface area contributed by atoms with E-state index in [0.29, 0.717) is 12.6 Å². The Bertz CT molecular complexity index is 407. The van der Waals surface area contributed by atoms with Gasteiger partial charge in [-0.25, -0.2) is 0 Å². The van der Waals surface area contributed by atoms with E-state index in [9.17, 15) is 4.79 Å². The van der Waals surface area contributed by atoms with Crippen LogP contribution >= 0.6 is 12.4 Å². The average Bonchev–Trinajstić information content (AvgIpc) is 2.49. The van der Waals surface area contributed by atoms with Crippen molar-refractivity contribution in [2.45, 2.75) is 32.2 Å². The standard InChI is InChI=1S/C16H25N3O.ClH/c1-2-12-19(15-8-10-17-11-9-15)13-16(20)18-14-6-4-3-5-7-14;/h3-7,15,17H,2,8-13H2,1H3,(H,18,20);1H. The predicted molar refractivity (Wildman–Crippen MR) is 90.1 cm³/mol. The fraction of sp³-hybridized carbons (Fsp3) is 0.562. The number of piperidine rings is 1. The lowest BCUT2D eigenvalue weighted by molar-refractivity contribution is -0.118. The van der Waals surface area contributed by atoms with Crippen LogP contribution in [0.15, 0.2) is 30.3 Å². The van der Waals surface area contributed by atoms with Gasteiger partial charge in [0.1, 0.15) is 0 Å². The summed E-state index contributed by atoms with van der Waals surface area (Å²) in [6.07, 6.45) is 3.36. The van der Waals surface area contributed by atoms with E-state index in [-0.39, 0.29) is 18.3 Å². The number of amides is 1. The molecular weight excluding hydrogens is 286 g/mol. The first-order valence-corrected chi connectivity index (χ1v) is 7.59. The number of rotatable bonds is 6. The van der Waals surface area contributed by atoms with Crippen LogP contribution in [0.1, 0.15) is 26.2 Å². The van der Waals surface area contributed by atoms with Crippen molar-refractivity contribution >= 4 is 24.0 Å². The Morgan fingerprint density at radius 2 is 1.95 bits per heavy atom. The van der Waals surface area contributed by atoms with Gasteiger partial charge in [-0.15, -0.1) is 12.4 Å². The largest absolute Gasteiger partial charge is 0.325 e. The third-order valence-corrected chi connectivity index (χ3v) is 3.74. The molecule has 2 N–H and O–H groups in total. The molecule has 1 aromatic carbocycles. The number of hydrogen-bond acceptors (Lipinski definition) is 3. The Hall–Kier alpha value is -1.10. The second kappa shape index (κ2) is 9.77. The van der Waals surface area contributed by atoms with Crippen molar-refractivity contribution < 1.29 is 4.79 Å². The van der Waals surface area contributed by atoms with E-state index in [1.165, 1.54) is 0 Å². The topological polar surface area (TPSA) is 44.4 Å². The maximum Gasteiger partial charge on any atom is 0.238 e. The molecule has 5 heteroatoms. The molecule has 1 aliphatic heterocycles. The van der Waals surface area contributed by atoms with Crippen molar-refractivity contribution in [3.8, 4) is 0 Å². The number of nitrogens with zero attached hydrogens (tertiary/aromatic N) is 1. The zero-order chi connectivity index (χ0) is 14.2. The fourth-order valence-electron chi connectivity index (χ4n) is 2.76. The smallest absolute Gasteiger partial charge is 0.238 e. The summed E-state index contributed by atoms with van der Waals surface area (Å²) in [6.45, 7) is 5.78. The lowest BCUT2D eigenvalue weighted by Gasteiger charge is -2.34. The molecule has 1 aliphatic rings. The first-order chi connectivity index (χ1) is 9.79. The SMILES string of the molecule is CCCN(CC(=O)Nc1ccccc1)C1CCNCC1.Cl. The molecule has 1 heterocycles. The first kappa shape index (κ1) is 18.0. The summed E-state index contributed by atoms with van der Waals surface area (Å²) in [5.41, 5.74) is 0.874. The van der Waals surface area contributed by atoms with Crippen LogP contribution in [0, 0.1) is 0 Å². The number of hydrogen-bond donors (Lipinski definition) is 2.